The van der Waals surface area contributed by atoms with Crippen molar-refractivity contribution in [2.75, 3.05) is 26.8 Å². The van der Waals surface area contributed by atoms with Crippen LogP contribution in [0.5, 0.6) is 0 Å². The Labute approximate surface area is 102 Å². The third-order valence-corrected chi connectivity index (χ3v) is 3.29. The third-order valence-electron chi connectivity index (χ3n) is 3.29. The van der Waals surface area contributed by atoms with Crippen LogP contribution < -0.4 is 0 Å². The number of rotatable bonds is 5. The lowest BCUT2D eigenvalue weighted by Gasteiger charge is -2.30. The monoisotopic (exact) mass is 237 g/mol. The lowest BCUT2D eigenvalue weighted by atomic mass is 9.98. The fraction of sp³-hybridized carbons (Fsp3) is 0.615. The average Bonchev–Trinajstić information content (AvgIpc) is 2.80. The van der Waals surface area contributed by atoms with Gasteiger partial charge in [0.2, 0.25) is 0 Å². The van der Waals surface area contributed by atoms with Crippen LogP contribution in [0.25, 0.3) is 0 Å². The van der Waals surface area contributed by atoms with Crippen LogP contribution in [0.2, 0.25) is 0 Å². The lowest BCUT2D eigenvalue weighted by molar-refractivity contribution is 0.0933. The number of methoxy groups -OCH3 is 1. The zero-order chi connectivity index (χ0) is 12.1. The van der Waals surface area contributed by atoms with Crippen LogP contribution >= 0.6 is 0 Å². The first kappa shape index (κ1) is 12.3. The lowest BCUT2D eigenvalue weighted by Crippen LogP contribution is -2.34. The maximum Gasteiger partial charge on any atom is 0.185 e. The number of nitrogens with zero attached hydrogens (tertiary/aromatic N) is 1. The summed E-state index contributed by atoms with van der Waals surface area (Å²) < 4.78 is 10.6. The number of hydrogen-bond donors (Lipinski definition) is 0. The summed E-state index contributed by atoms with van der Waals surface area (Å²) in [5.74, 6) is 1.98. The molecule has 1 aromatic heterocycles. The Hall–Kier alpha value is -1.13. The summed E-state index contributed by atoms with van der Waals surface area (Å²) in [6.45, 7) is 3.81. The van der Waals surface area contributed by atoms with Gasteiger partial charge in [-0.15, -0.1) is 0 Å². The molecule has 0 radical (unpaired) electrons. The summed E-state index contributed by atoms with van der Waals surface area (Å²) in [6, 6.07) is 3.60. The number of aldehydes is 1. The maximum atomic E-state index is 10.5. The molecule has 0 unspecified atom stereocenters. The number of carbonyl (C=O) groups excluding carboxylic acids is 1. The molecule has 0 atom stereocenters. The Kier molecular flexibility index (Phi) is 4.34. The minimum absolute atomic E-state index is 0.411. The third kappa shape index (κ3) is 3.41. The first-order chi connectivity index (χ1) is 8.31. The molecule has 0 aliphatic carbocycles. The van der Waals surface area contributed by atoms with E-state index in [9.17, 15) is 4.79 Å². The van der Waals surface area contributed by atoms with Crippen LogP contribution in [0.1, 0.15) is 29.2 Å². The molecule has 17 heavy (non-hydrogen) atoms. The van der Waals surface area contributed by atoms with Crippen molar-refractivity contribution in [3.05, 3.63) is 23.7 Å². The largest absolute Gasteiger partial charge is 0.457 e. The smallest absolute Gasteiger partial charge is 0.185 e. The second kappa shape index (κ2) is 5.98. The molecule has 0 spiro atoms. The molecule has 0 amide bonds. The van der Waals surface area contributed by atoms with Gasteiger partial charge < -0.3 is 9.15 Å². The van der Waals surface area contributed by atoms with Crippen molar-refractivity contribution in [3.63, 3.8) is 0 Å². The number of piperidine rings is 1. The Morgan fingerprint density at radius 3 is 2.82 bits per heavy atom. The van der Waals surface area contributed by atoms with Crippen molar-refractivity contribution in [2.45, 2.75) is 19.4 Å². The minimum atomic E-state index is 0.411. The number of hydrogen-bond acceptors (Lipinski definition) is 4. The number of carbonyl (C=O) groups is 1. The zero-order valence-corrected chi connectivity index (χ0v) is 10.2. The highest BCUT2D eigenvalue weighted by Crippen LogP contribution is 2.19. The molecule has 2 heterocycles. The van der Waals surface area contributed by atoms with Gasteiger partial charge in [0.1, 0.15) is 5.76 Å². The van der Waals surface area contributed by atoms with Crippen LogP contribution in [0.3, 0.4) is 0 Å². The summed E-state index contributed by atoms with van der Waals surface area (Å²) in [6.07, 6.45) is 3.10. The average molecular weight is 237 g/mol. The summed E-state index contributed by atoms with van der Waals surface area (Å²) in [4.78, 5) is 12.9. The Balaban J connectivity index is 1.79. The molecule has 0 N–H and O–H groups in total. The van der Waals surface area contributed by atoms with E-state index < -0.39 is 0 Å². The van der Waals surface area contributed by atoms with E-state index in [1.807, 2.05) is 6.07 Å². The second-order valence-corrected chi connectivity index (χ2v) is 4.60. The first-order valence-electron chi connectivity index (χ1n) is 6.07. The van der Waals surface area contributed by atoms with Gasteiger partial charge in [0, 0.05) is 13.7 Å². The molecule has 0 saturated carbocycles. The molecule has 1 fully saturated rings. The van der Waals surface area contributed by atoms with Crippen molar-refractivity contribution in [3.8, 4) is 0 Å². The van der Waals surface area contributed by atoms with Gasteiger partial charge in [0.15, 0.2) is 12.0 Å². The van der Waals surface area contributed by atoms with E-state index >= 15 is 0 Å². The number of furan rings is 1. The molecule has 94 valence electrons. The normalized spacial score (nSPS) is 18.4. The van der Waals surface area contributed by atoms with Crippen molar-refractivity contribution >= 4 is 6.29 Å². The van der Waals surface area contributed by atoms with E-state index in [2.05, 4.69) is 4.90 Å². The molecule has 1 aromatic rings. The van der Waals surface area contributed by atoms with Crippen LogP contribution in [0.4, 0.5) is 0 Å². The van der Waals surface area contributed by atoms with E-state index in [1.165, 1.54) is 12.8 Å². The van der Waals surface area contributed by atoms with Crippen molar-refractivity contribution in [2.24, 2.45) is 5.92 Å². The van der Waals surface area contributed by atoms with Crippen LogP contribution in [0, 0.1) is 5.92 Å². The molecule has 1 aliphatic rings. The highest BCUT2D eigenvalue weighted by molar-refractivity contribution is 5.70. The Bertz CT molecular complexity index is 353. The summed E-state index contributed by atoms with van der Waals surface area (Å²) in [7, 11) is 1.76. The second-order valence-electron chi connectivity index (χ2n) is 4.60. The van der Waals surface area contributed by atoms with Gasteiger partial charge >= 0.3 is 0 Å². The predicted octanol–water partition coefficient (Wildman–Crippen LogP) is 1.95. The van der Waals surface area contributed by atoms with E-state index in [0.29, 0.717) is 11.7 Å². The zero-order valence-electron chi connectivity index (χ0n) is 10.2. The van der Waals surface area contributed by atoms with Crippen molar-refractivity contribution in [1.82, 2.24) is 4.90 Å². The van der Waals surface area contributed by atoms with E-state index in [4.69, 9.17) is 9.15 Å². The van der Waals surface area contributed by atoms with Crippen LogP contribution in [-0.2, 0) is 11.3 Å². The van der Waals surface area contributed by atoms with Gasteiger partial charge in [-0.05, 0) is 44.0 Å². The molecule has 1 saturated heterocycles. The molecule has 0 bridgehead atoms. The van der Waals surface area contributed by atoms with E-state index in [1.54, 1.807) is 13.2 Å². The van der Waals surface area contributed by atoms with Gasteiger partial charge in [0.25, 0.3) is 0 Å². The summed E-state index contributed by atoms with van der Waals surface area (Å²) in [5, 5.41) is 0. The van der Waals surface area contributed by atoms with Crippen LogP contribution in [-0.4, -0.2) is 38.0 Å². The fourth-order valence-corrected chi connectivity index (χ4v) is 2.31. The molecule has 2 rings (SSSR count). The topological polar surface area (TPSA) is 42.7 Å². The van der Waals surface area contributed by atoms with Crippen LogP contribution in [0.15, 0.2) is 16.5 Å². The summed E-state index contributed by atoms with van der Waals surface area (Å²) in [5.41, 5.74) is 0. The quantitative estimate of drug-likeness (QED) is 0.734. The molecule has 4 nitrogen and oxygen atoms in total. The van der Waals surface area contributed by atoms with Gasteiger partial charge in [-0.25, -0.2) is 0 Å². The maximum absolute atomic E-state index is 10.5. The van der Waals surface area contributed by atoms with E-state index in [0.717, 1.165) is 38.3 Å². The van der Waals surface area contributed by atoms with Gasteiger partial charge in [0.05, 0.1) is 6.54 Å². The van der Waals surface area contributed by atoms with Crippen molar-refractivity contribution < 1.29 is 13.9 Å². The fourth-order valence-electron chi connectivity index (χ4n) is 2.31. The Morgan fingerprint density at radius 2 is 2.24 bits per heavy atom. The molecule has 1 aliphatic heterocycles. The minimum Gasteiger partial charge on any atom is -0.457 e. The van der Waals surface area contributed by atoms with Gasteiger partial charge in [-0.1, -0.05) is 0 Å². The molecular weight excluding hydrogens is 218 g/mol. The van der Waals surface area contributed by atoms with Crippen molar-refractivity contribution in [1.29, 1.82) is 0 Å². The molecular formula is C13H19NO3. The molecule has 4 heteroatoms. The number of likely N-dealkylation sites (tertiary alicyclic amines) is 1. The highest BCUT2D eigenvalue weighted by atomic mass is 16.5. The summed E-state index contributed by atoms with van der Waals surface area (Å²) >= 11 is 0. The Morgan fingerprint density at radius 1 is 1.47 bits per heavy atom. The standard InChI is InChI=1S/C13H19NO3/c1-16-10-11-4-6-14(7-5-11)8-12-2-3-13(9-15)17-12/h2-3,9,11H,4-8,10H2,1H3. The first-order valence-corrected chi connectivity index (χ1v) is 6.07. The van der Waals surface area contributed by atoms with E-state index in [-0.39, 0.29) is 0 Å². The predicted molar refractivity (Wildman–Crippen MR) is 64.0 cm³/mol. The highest BCUT2D eigenvalue weighted by Gasteiger charge is 2.19. The molecule has 0 aromatic carbocycles. The van der Waals surface area contributed by atoms with Gasteiger partial charge in [-0.3, -0.25) is 9.69 Å². The van der Waals surface area contributed by atoms with Gasteiger partial charge in [-0.2, -0.15) is 0 Å². The number of ether oxygens (including phenoxy) is 1. The SMILES string of the molecule is COCC1CCN(Cc2ccc(C=O)o2)CC1.